The maximum atomic E-state index is 3.49. The average molecular weight is 251 g/mol. The van der Waals surface area contributed by atoms with Crippen LogP contribution in [0, 0.1) is 0 Å². The van der Waals surface area contributed by atoms with Crippen LogP contribution in [-0.2, 0) is 0 Å². The highest BCUT2D eigenvalue weighted by Gasteiger charge is 2.22. The molecule has 2 aliphatic rings. The van der Waals surface area contributed by atoms with E-state index in [4.69, 9.17) is 0 Å². The van der Waals surface area contributed by atoms with Crippen LogP contribution in [0.5, 0.6) is 0 Å². The molecule has 0 amide bonds. The molecule has 1 aromatic rings. The van der Waals surface area contributed by atoms with E-state index in [1.807, 2.05) is 11.8 Å². The van der Waals surface area contributed by atoms with Crippen LogP contribution in [0.2, 0.25) is 0 Å². The lowest BCUT2D eigenvalue weighted by Gasteiger charge is -1.99. The van der Waals surface area contributed by atoms with Gasteiger partial charge in [0.05, 0.1) is 0 Å². The molecule has 0 radical (unpaired) electrons. The topological polar surface area (TPSA) is 0 Å². The quantitative estimate of drug-likeness (QED) is 0.673. The van der Waals surface area contributed by atoms with Crippen molar-refractivity contribution in [3.63, 3.8) is 0 Å². The molecule has 0 fully saturated rings. The summed E-state index contributed by atoms with van der Waals surface area (Å²) in [5, 5.41) is 0. The normalized spacial score (nSPS) is 17.9. The van der Waals surface area contributed by atoms with Gasteiger partial charge in [-0.3, -0.25) is 0 Å². The standard InChI is InChI=1S/C11H7BrS/c12-8-1-2-9-7(5-8)6-11-10(9)3-4-13-11/h1-3,5-6H,4H2. The third kappa shape index (κ3) is 1.12. The molecule has 1 aromatic carbocycles. The van der Waals surface area contributed by atoms with E-state index < -0.39 is 0 Å². The molecule has 1 aliphatic heterocycles. The summed E-state index contributed by atoms with van der Waals surface area (Å²) in [7, 11) is 0. The minimum atomic E-state index is 1.14. The first-order valence-electron chi connectivity index (χ1n) is 4.19. The molecule has 64 valence electrons. The smallest absolute Gasteiger partial charge is 0.0181 e. The zero-order chi connectivity index (χ0) is 8.84. The fraction of sp³-hybridized carbons (Fsp3) is 0.0909. The monoisotopic (exact) mass is 250 g/mol. The second kappa shape index (κ2) is 2.76. The molecule has 0 bridgehead atoms. The van der Waals surface area contributed by atoms with Crippen LogP contribution in [0.25, 0.3) is 11.6 Å². The third-order valence-corrected chi connectivity index (χ3v) is 3.86. The van der Waals surface area contributed by atoms with Crippen LogP contribution in [-0.4, -0.2) is 5.75 Å². The molecular formula is C11H7BrS. The molecule has 1 aliphatic carbocycles. The summed E-state index contributed by atoms with van der Waals surface area (Å²) in [6.07, 6.45) is 4.60. The molecule has 13 heavy (non-hydrogen) atoms. The predicted molar refractivity (Wildman–Crippen MR) is 62.6 cm³/mol. The summed E-state index contributed by atoms with van der Waals surface area (Å²) in [4.78, 5) is 1.44. The molecule has 1 heterocycles. The van der Waals surface area contributed by atoms with Gasteiger partial charge in [0, 0.05) is 15.1 Å². The Hall–Kier alpha value is -0.470. The van der Waals surface area contributed by atoms with E-state index in [0.29, 0.717) is 0 Å². The number of allylic oxidation sites excluding steroid dienone is 1. The Morgan fingerprint density at radius 2 is 2.23 bits per heavy atom. The van der Waals surface area contributed by atoms with Crippen molar-refractivity contribution in [3.05, 3.63) is 44.8 Å². The average Bonchev–Trinajstić information content (AvgIpc) is 2.62. The Bertz CT molecular complexity index is 443. The summed E-state index contributed by atoms with van der Waals surface area (Å²) in [5.74, 6) is 1.14. The van der Waals surface area contributed by atoms with Crippen LogP contribution < -0.4 is 0 Å². The van der Waals surface area contributed by atoms with Gasteiger partial charge in [-0.1, -0.05) is 28.1 Å². The van der Waals surface area contributed by atoms with Crippen LogP contribution in [0.15, 0.2) is 33.7 Å². The zero-order valence-electron chi connectivity index (χ0n) is 6.88. The lowest BCUT2D eigenvalue weighted by Crippen LogP contribution is -1.79. The largest absolute Gasteiger partial charge is 0.121 e. The van der Waals surface area contributed by atoms with Gasteiger partial charge in [0.2, 0.25) is 0 Å². The van der Waals surface area contributed by atoms with E-state index in [9.17, 15) is 0 Å². The van der Waals surface area contributed by atoms with Crippen LogP contribution in [0.3, 0.4) is 0 Å². The number of thioether (sulfide) groups is 1. The van der Waals surface area contributed by atoms with E-state index in [1.165, 1.54) is 21.6 Å². The second-order valence-electron chi connectivity index (χ2n) is 3.17. The predicted octanol–water partition coefficient (Wildman–Crippen LogP) is 3.93. The second-order valence-corrected chi connectivity index (χ2v) is 5.15. The van der Waals surface area contributed by atoms with Gasteiger partial charge in [-0.25, -0.2) is 0 Å². The van der Waals surface area contributed by atoms with Crippen molar-refractivity contribution in [2.45, 2.75) is 0 Å². The van der Waals surface area contributed by atoms with Gasteiger partial charge >= 0.3 is 0 Å². The summed E-state index contributed by atoms with van der Waals surface area (Å²) in [6.45, 7) is 0. The molecule has 0 unspecified atom stereocenters. The van der Waals surface area contributed by atoms with E-state index >= 15 is 0 Å². The molecule has 0 N–H and O–H groups in total. The molecular weight excluding hydrogens is 244 g/mol. The van der Waals surface area contributed by atoms with Crippen molar-refractivity contribution >= 4 is 39.3 Å². The van der Waals surface area contributed by atoms with E-state index in [1.54, 1.807) is 0 Å². The number of benzene rings is 1. The molecule has 2 heteroatoms. The Morgan fingerprint density at radius 3 is 3.15 bits per heavy atom. The van der Waals surface area contributed by atoms with Crippen molar-refractivity contribution < 1.29 is 0 Å². The maximum Gasteiger partial charge on any atom is 0.0181 e. The van der Waals surface area contributed by atoms with Crippen LogP contribution >= 0.6 is 27.7 Å². The number of fused-ring (bicyclic) bond motifs is 3. The molecule has 0 aromatic heterocycles. The first-order chi connectivity index (χ1) is 6.34. The molecule has 0 atom stereocenters. The number of hydrogen-bond acceptors (Lipinski definition) is 1. The lowest BCUT2D eigenvalue weighted by molar-refractivity contribution is 1.57. The highest BCUT2D eigenvalue weighted by molar-refractivity contribution is 9.10. The van der Waals surface area contributed by atoms with Crippen molar-refractivity contribution in [2.24, 2.45) is 0 Å². The fourth-order valence-electron chi connectivity index (χ4n) is 1.79. The van der Waals surface area contributed by atoms with Crippen molar-refractivity contribution in [3.8, 4) is 0 Å². The van der Waals surface area contributed by atoms with Gasteiger partial charge < -0.3 is 0 Å². The van der Waals surface area contributed by atoms with Crippen LogP contribution in [0.4, 0.5) is 0 Å². The minimum absolute atomic E-state index is 1.14. The van der Waals surface area contributed by atoms with Gasteiger partial charge in [-0.15, -0.1) is 11.8 Å². The van der Waals surface area contributed by atoms with E-state index in [-0.39, 0.29) is 0 Å². The summed E-state index contributed by atoms with van der Waals surface area (Å²) < 4.78 is 1.16. The Labute approximate surface area is 89.9 Å². The summed E-state index contributed by atoms with van der Waals surface area (Å²) in [6, 6.07) is 6.49. The van der Waals surface area contributed by atoms with Gasteiger partial charge in [-0.05, 0) is 34.9 Å². The fourth-order valence-corrected chi connectivity index (χ4v) is 3.16. The SMILES string of the molecule is Brc1ccc2c(c1)C=C1SCC=C12. The maximum absolute atomic E-state index is 3.49. The Morgan fingerprint density at radius 1 is 1.31 bits per heavy atom. The van der Waals surface area contributed by atoms with Crippen molar-refractivity contribution in [1.82, 2.24) is 0 Å². The van der Waals surface area contributed by atoms with Gasteiger partial charge in [0.1, 0.15) is 0 Å². The van der Waals surface area contributed by atoms with Crippen molar-refractivity contribution in [2.75, 3.05) is 5.75 Å². The molecule has 0 saturated carbocycles. The molecule has 0 spiro atoms. The molecule has 3 rings (SSSR count). The first-order valence-corrected chi connectivity index (χ1v) is 5.97. The zero-order valence-corrected chi connectivity index (χ0v) is 9.28. The van der Waals surface area contributed by atoms with Gasteiger partial charge in [0.25, 0.3) is 0 Å². The highest BCUT2D eigenvalue weighted by Crippen LogP contribution is 2.46. The number of halogens is 1. The van der Waals surface area contributed by atoms with Crippen LogP contribution in [0.1, 0.15) is 11.1 Å². The molecule has 0 nitrogen and oxygen atoms in total. The van der Waals surface area contributed by atoms with Gasteiger partial charge in [0.15, 0.2) is 0 Å². The summed E-state index contributed by atoms with van der Waals surface area (Å²) >= 11 is 5.42. The minimum Gasteiger partial charge on any atom is -0.121 e. The highest BCUT2D eigenvalue weighted by atomic mass is 79.9. The lowest BCUT2D eigenvalue weighted by atomic mass is 10.1. The first kappa shape index (κ1) is 7.89. The third-order valence-electron chi connectivity index (χ3n) is 2.38. The Kier molecular flexibility index (Phi) is 1.67. The number of rotatable bonds is 0. The summed E-state index contributed by atoms with van der Waals surface area (Å²) in [5.41, 5.74) is 4.18. The number of hydrogen-bond donors (Lipinski definition) is 0. The van der Waals surface area contributed by atoms with Gasteiger partial charge in [-0.2, -0.15) is 0 Å². The van der Waals surface area contributed by atoms with E-state index in [2.05, 4.69) is 46.3 Å². The Balaban J connectivity index is 2.26. The molecule has 0 saturated heterocycles. The van der Waals surface area contributed by atoms with Crippen molar-refractivity contribution in [1.29, 1.82) is 0 Å². The van der Waals surface area contributed by atoms with E-state index in [0.717, 1.165) is 10.2 Å².